The zero-order chi connectivity index (χ0) is 23.9. The van der Waals surface area contributed by atoms with Crippen LogP contribution < -0.4 is 10.6 Å². The first-order chi connectivity index (χ1) is 15.0. The zero-order valence-corrected chi connectivity index (χ0v) is 18.9. The van der Waals surface area contributed by atoms with Gasteiger partial charge >= 0.3 is 12.1 Å². The van der Waals surface area contributed by atoms with E-state index in [0.29, 0.717) is 11.3 Å². The Morgan fingerprint density at radius 1 is 0.938 bits per heavy atom. The van der Waals surface area contributed by atoms with Crippen molar-refractivity contribution in [2.75, 3.05) is 11.9 Å². The molecule has 2 N–H and O–H groups in total. The molecule has 0 bridgehead atoms. The molecule has 32 heavy (non-hydrogen) atoms. The highest BCUT2D eigenvalue weighted by atomic mass is 16.6. The van der Waals surface area contributed by atoms with Crippen LogP contribution in [0.2, 0.25) is 0 Å². The minimum atomic E-state index is -0.843. The van der Waals surface area contributed by atoms with E-state index in [1.54, 1.807) is 71.0 Å². The van der Waals surface area contributed by atoms with Gasteiger partial charge in [-0.2, -0.15) is 0 Å². The van der Waals surface area contributed by atoms with Crippen LogP contribution >= 0.6 is 0 Å². The van der Waals surface area contributed by atoms with E-state index in [1.807, 2.05) is 0 Å². The summed E-state index contributed by atoms with van der Waals surface area (Å²) < 4.78 is 10.1. The molecular weight excluding hydrogens is 412 g/mol. The van der Waals surface area contributed by atoms with Crippen LogP contribution in [0.25, 0.3) is 0 Å². The fourth-order valence-electron chi connectivity index (χ4n) is 2.76. The molecule has 0 spiro atoms. The highest BCUT2D eigenvalue weighted by Crippen LogP contribution is 2.15. The van der Waals surface area contributed by atoms with Gasteiger partial charge in [-0.1, -0.05) is 18.2 Å². The molecule has 0 aliphatic rings. The van der Waals surface area contributed by atoms with Gasteiger partial charge in [-0.05, 0) is 65.0 Å². The number of rotatable bonds is 7. The largest absolute Gasteiger partial charge is 0.462 e. The van der Waals surface area contributed by atoms with E-state index in [1.165, 1.54) is 12.1 Å². The van der Waals surface area contributed by atoms with Gasteiger partial charge in [-0.3, -0.25) is 9.59 Å². The second-order valence-electron chi connectivity index (χ2n) is 8.07. The number of carbonyl (C=O) groups excluding carboxylic acids is 4. The second kappa shape index (κ2) is 10.6. The Bertz CT molecular complexity index is 1010. The summed E-state index contributed by atoms with van der Waals surface area (Å²) in [4.78, 5) is 49.2. The van der Waals surface area contributed by atoms with Crippen LogP contribution in [0, 0.1) is 0 Å². The van der Waals surface area contributed by atoms with Crippen LogP contribution in [0.3, 0.4) is 0 Å². The first-order valence-electron chi connectivity index (χ1n) is 10.2. The number of ether oxygens (including phenoxy) is 2. The van der Waals surface area contributed by atoms with Crippen LogP contribution in [-0.4, -0.2) is 42.0 Å². The van der Waals surface area contributed by atoms with Crippen molar-refractivity contribution in [3.05, 3.63) is 65.2 Å². The van der Waals surface area contributed by atoms with E-state index in [-0.39, 0.29) is 23.5 Å². The van der Waals surface area contributed by atoms with Gasteiger partial charge in [-0.15, -0.1) is 0 Å². The first-order valence-corrected chi connectivity index (χ1v) is 10.2. The number of esters is 1. The summed E-state index contributed by atoms with van der Waals surface area (Å²) in [7, 11) is 0. The molecule has 0 saturated carbocycles. The molecule has 0 heterocycles. The monoisotopic (exact) mass is 440 g/mol. The first kappa shape index (κ1) is 24.6. The maximum atomic E-state index is 12.7. The topological polar surface area (TPSA) is 111 Å². The molecule has 2 rings (SSSR count). The lowest BCUT2D eigenvalue weighted by Crippen LogP contribution is -2.41. The Kier molecular flexibility index (Phi) is 8.12. The molecule has 170 valence electrons. The Hall–Kier alpha value is -3.68. The zero-order valence-electron chi connectivity index (χ0n) is 18.9. The van der Waals surface area contributed by atoms with Gasteiger partial charge in [-0.25, -0.2) is 9.59 Å². The minimum Gasteiger partial charge on any atom is -0.462 e. The molecule has 0 saturated heterocycles. The van der Waals surface area contributed by atoms with E-state index in [9.17, 15) is 19.2 Å². The lowest BCUT2D eigenvalue weighted by atomic mass is 10.0. The number of hydrogen-bond acceptors (Lipinski definition) is 6. The average Bonchev–Trinajstić information content (AvgIpc) is 2.72. The quantitative estimate of drug-likeness (QED) is 0.493. The van der Waals surface area contributed by atoms with Gasteiger partial charge in [0.1, 0.15) is 5.60 Å². The molecule has 1 unspecified atom stereocenters. The Morgan fingerprint density at radius 3 is 2.22 bits per heavy atom. The van der Waals surface area contributed by atoms with Crippen molar-refractivity contribution >= 4 is 29.4 Å². The van der Waals surface area contributed by atoms with E-state index in [0.717, 1.165) is 0 Å². The molecule has 8 nitrogen and oxygen atoms in total. The molecule has 0 fully saturated rings. The van der Waals surface area contributed by atoms with Crippen molar-refractivity contribution in [2.24, 2.45) is 0 Å². The number of amides is 2. The van der Waals surface area contributed by atoms with E-state index >= 15 is 0 Å². The summed E-state index contributed by atoms with van der Waals surface area (Å²) in [6.45, 7) is 8.68. The third-order valence-electron chi connectivity index (χ3n) is 4.17. The SMILES string of the molecule is CCOC(=O)c1cccc(NC(=O)c2cccc(C(=O)C(C)NC(=O)OC(C)(C)C)c2)c1. The molecule has 2 amide bonds. The maximum absolute atomic E-state index is 12.7. The lowest BCUT2D eigenvalue weighted by molar-refractivity contribution is 0.0494. The average molecular weight is 440 g/mol. The van der Waals surface area contributed by atoms with Gasteiger partial charge in [0.05, 0.1) is 18.2 Å². The molecule has 0 radical (unpaired) electrons. The van der Waals surface area contributed by atoms with Gasteiger partial charge in [0.2, 0.25) is 0 Å². The predicted molar refractivity (Wildman–Crippen MR) is 120 cm³/mol. The highest BCUT2D eigenvalue weighted by Gasteiger charge is 2.22. The maximum Gasteiger partial charge on any atom is 0.408 e. The van der Waals surface area contributed by atoms with Crippen LogP contribution in [0.1, 0.15) is 65.7 Å². The number of alkyl carbamates (subject to hydrolysis) is 1. The van der Waals surface area contributed by atoms with Crippen molar-refractivity contribution in [3.63, 3.8) is 0 Å². The Morgan fingerprint density at radius 2 is 1.56 bits per heavy atom. The fraction of sp³-hybridized carbons (Fsp3) is 0.333. The molecule has 0 aromatic heterocycles. The van der Waals surface area contributed by atoms with Gasteiger partial charge in [0, 0.05) is 16.8 Å². The molecule has 2 aromatic rings. The van der Waals surface area contributed by atoms with Gasteiger partial charge in [0.25, 0.3) is 5.91 Å². The summed E-state index contributed by atoms with van der Waals surface area (Å²) >= 11 is 0. The van der Waals surface area contributed by atoms with E-state index < -0.39 is 29.6 Å². The van der Waals surface area contributed by atoms with E-state index in [4.69, 9.17) is 9.47 Å². The second-order valence-corrected chi connectivity index (χ2v) is 8.07. The number of Topliss-reactive ketones (excluding diaryl/α,β-unsaturated/α-hetero) is 1. The van der Waals surface area contributed by atoms with Crippen molar-refractivity contribution in [2.45, 2.75) is 46.3 Å². The van der Waals surface area contributed by atoms with Crippen molar-refractivity contribution in [1.29, 1.82) is 0 Å². The van der Waals surface area contributed by atoms with Crippen LogP contribution in [0.5, 0.6) is 0 Å². The minimum absolute atomic E-state index is 0.247. The number of benzene rings is 2. The summed E-state index contributed by atoms with van der Waals surface area (Å²) in [5.41, 5.74) is 0.561. The summed E-state index contributed by atoms with van der Waals surface area (Å²) in [6.07, 6.45) is -0.700. The van der Waals surface area contributed by atoms with Crippen molar-refractivity contribution < 1.29 is 28.7 Å². The molecule has 2 aromatic carbocycles. The molecule has 1 atom stereocenters. The lowest BCUT2D eigenvalue weighted by Gasteiger charge is -2.21. The van der Waals surface area contributed by atoms with Crippen LogP contribution in [0.4, 0.5) is 10.5 Å². The third-order valence-corrected chi connectivity index (χ3v) is 4.17. The molecule has 8 heteroatoms. The predicted octanol–water partition coefficient (Wildman–Crippen LogP) is 4.21. The molecule has 0 aliphatic heterocycles. The summed E-state index contributed by atoms with van der Waals surface area (Å²) in [6, 6.07) is 11.7. The fourth-order valence-corrected chi connectivity index (χ4v) is 2.76. The van der Waals surface area contributed by atoms with Gasteiger partial charge < -0.3 is 20.1 Å². The highest BCUT2D eigenvalue weighted by molar-refractivity contribution is 6.08. The van der Waals surface area contributed by atoms with Crippen molar-refractivity contribution in [1.82, 2.24) is 5.32 Å². The standard InChI is InChI=1S/C24H28N2O6/c1-6-31-22(29)18-11-8-12-19(14-18)26-21(28)17-10-7-9-16(13-17)20(27)15(2)25-23(30)32-24(3,4)5/h7-15H,6H2,1-5H3,(H,25,30)(H,26,28). The Balaban J connectivity index is 2.09. The number of anilines is 1. The third kappa shape index (κ3) is 7.23. The smallest absolute Gasteiger partial charge is 0.408 e. The van der Waals surface area contributed by atoms with Crippen LogP contribution in [0.15, 0.2) is 48.5 Å². The summed E-state index contributed by atoms with van der Waals surface area (Å²) in [5.74, 6) is -1.30. The molecular formula is C24H28N2O6. The van der Waals surface area contributed by atoms with E-state index in [2.05, 4.69) is 10.6 Å². The van der Waals surface area contributed by atoms with Gasteiger partial charge in [0.15, 0.2) is 5.78 Å². The number of ketones is 1. The van der Waals surface area contributed by atoms with Crippen molar-refractivity contribution in [3.8, 4) is 0 Å². The Labute approximate surface area is 187 Å². The summed E-state index contributed by atoms with van der Waals surface area (Å²) in [5, 5.41) is 5.20. The van der Waals surface area contributed by atoms with Crippen LogP contribution in [-0.2, 0) is 9.47 Å². The molecule has 0 aliphatic carbocycles. The number of carbonyl (C=O) groups is 4. The number of nitrogens with one attached hydrogen (secondary N) is 2. The number of hydrogen-bond donors (Lipinski definition) is 2. The normalized spacial score (nSPS) is 11.8.